The zero-order valence-electron chi connectivity index (χ0n) is 12.6. The minimum Gasteiger partial charge on any atom is -0.483 e. The fourth-order valence-electron chi connectivity index (χ4n) is 2.05. The Balaban J connectivity index is 2.03. The summed E-state index contributed by atoms with van der Waals surface area (Å²) in [6.07, 6.45) is 2.52. The summed E-state index contributed by atoms with van der Waals surface area (Å²) in [6, 6.07) is 15.5. The lowest BCUT2D eigenvalue weighted by atomic mass is 10.0. The van der Waals surface area contributed by atoms with Crippen molar-refractivity contribution in [1.82, 2.24) is 0 Å². The van der Waals surface area contributed by atoms with Gasteiger partial charge in [0, 0.05) is 10.5 Å². The van der Waals surface area contributed by atoms with Crippen LogP contribution in [-0.2, 0) is 6.42 Å². The summed E-state index contributed by atoms with van der Waals surface area (Å²) in [6.45, 7) is 3.89. The zero-order valence-corrected chi connectivity index (χ0v) is 13.4. The molecule has 2 rings (SSSR count). The van der Waals surface area contributed by atoms with Crippen LogP contribution < -0.4 is 4.74 Å². The van der Waals surface area contributed by atoms with E-state index in [1.165, 1.54) is 10.5 Å². The van der Waals surface area contributed by atoms with Crippen molar-refractivity contribution in [3.05, 3.63) is 59.7 Å². The van der Waals surface area contributed by atoms with Crippen molar-refractivity contribution in [3.63, 3.8) is 0 Å². The van der Waals surface area contributed by atoms with Crippen LogP contribution in [0.5, 0.6) is 5.75 Å². The molecule has 2 aromatic rings. The van der Waals surface area contributed by atoms with Crippen molar-refractivity contribution in [1.29, 1.82) is 0 Å². The molecule has 1 unspecified atom stereocenters. The fourth-order valence-corrected chi connectivity index (χ4v) is 2.46. The highest BCUT2D eigenvalue weighted by Crippen LogP contribution is 2.20. The lowest BCUT2D eigenvalue weighted by molar-refractivity contribution is 0.0818. The molecule has 0 fully saturated rings. The van der Waals surface area contributed by atoms with Crippen molar-refractivity contribution in [2.75, 3.05) is 6.26 Å². The minimum atomic E-state index is -0.488. The first-order valence-corrected chi connectivity index (χ1v) is 8.30. The molecule has 0 amide bonds. The molecule has 0 bridgehead atoms. The Bertz CT molecular complexity index is 588. The van der Waals surface area contributed by atoms with Crippen molar-refractivity contribution in [2.45, 2.75) is 31.3 Å². The number of carbonyl (C=O) groups is 1. The molecule has 110 valence electrons. The van der Waals surface area contributed by atoms with E-state index in [0.29, 0.717) is 5.56 Å². The van der Waals surface area contributed by atoms with Crippen LogP contribution in [0, 0.1) is 0 Å². The standard InChI is InChI=1S/C18H20O2S/c1-4-14-5-7-15(8-6-14)18(19)13(2)20-16-9-11-17(21-3)12-10-16/h5-13H,4H2,1-3H3. The highest BCUT2D eigenvalue weighted by Gasteiger charge is 2.16. The quantitative estimate of drug-likeness (QED) is 0.575. The third kappa shape index (κ3) is 4.11. The first kappa shape index (κ1) is 15.6. The van der Waals surface area contributed by atoms with Crippen LogP contribution in [0.25, 0.3) is 0 Å². The lowest BCUT2D eigenvalue weighted by Crippen LogP contribution is -2.23. The van der Waals surface area contributed by atoms with E-state index in [-0.39, 0.29) is 5.78 Å². The largest absolute Gasteiger partial charge is 0.483 e. The molecule has 3 heteroatoms. The Kier molecular flexibility index (Phi) is 5.45. The molecular formula is C18H20O2S. The highest BCUT2D eigenvalue weighted by molar-refractivity contribution is 7.98. The molecule has 2 nitrogen and oxygen atoms in total. The highest BCUT2D eigenvalue weighted by atomic mass is 32.2. The number of thioether (sulfide) groups is 1. The van der Waals surface area contributed by atoms with E-state index in [0.717, 1.165) is 12.2 Å². The van der Waals surface area contributed by atoms with E-state index in [9.17, 15) is 4.79 Å². The number of hydrogen-bond donors (Lipinski definition) is 0. The maximum absolute atomic E-state index is 12.3. The average molecular weight is 300 g/mol. The van der Waals surface area contributed by atoms with Crippen LogP contribution in [0.4, 0.5) is 0 Å². The Morgan fingerprint density at radius 2 is 1.71 bits per heavy atom. The van der Waals surface area contributed by atoms with Crippen LogP contribution >= 0.6 is 11.8 Å². The summed E-state index contributed by atoms with van der Waals surface area (Å²) in [5.41, 5.74) is 1.92. The molecule has 0 aromatic heterocycles. The van der Waals surface area contributed by atoms with Crippen LogP contribution in [-0.4, -0.2) is 18.1 Å². The van der Waals surface area contributed by atoms with E-state index in [4.69, 9.17) is 4.74 Å². The first-order valence-electron chi connectivity index (χ1n) is 7.08. The van der Waals surface area contributed by atoms with Crippen molar-refractivity contribution < 1.29 is 9.53 Å². The minimum absolute atomic E-state index is 0.00611. The van der Waals surface area contributed by atoms with Gasteiger partial charge in [-0.3, -0.25) is 4.79 Å². The van der Waals surface area contributed by atoms with Crippen LogP contribution in [0.15, 0.2) is 53.4 Å². The van der Waals surface area contributed by atoms with Gasteiger partial charge in [-0.25, -0.2) is 0 Å². The normalized spacial score (nSPS) is 12.0. The van der Waals surface area contributed by atoms with Gasteiger partial charge in [-0.15, -0.1) is 11.8 Å². The van der Waals surface area contributed by atoms with Gasteiger partial charge in [0.25, 0.3) is 0 Å². The molecule has 0 aliphatic carbocycles. The number of rotatable bonds is 6. The molecular weight excluding hydrogens is 280 g/mol. The van der Waals surface area contributed by atoms with Crippen molar-refractivity contribution in [2.24, 2.45) is 0 Å². The van der Waals surface area contributed by atoms with Gasteiger partial charge >= 0.3 is 0 Å². The van der Waals surface area contributed by atoms with Gasteiger partial charge < -0.3 is 4.74 Å². The summed E-state index contributed by atoms with van der Waals surface area (Å²) < 4.78 is 5.73. The molecule has 0 radical (unpaired) electrons. The van der Waals surface area contributed by atoms with Gasteiger partial charge in [0.05, 0.1) is 0 Å². The Hall–Kier alpha value is -1.74. The third-order valence-corrected chi connectivity index (χ3v) is 4.13. The van der Waals surface area contributed by atoms with Crippen molar-refractivity contribution in [3.8, 4) is 5.75 Å². The molecule has 1 atom stereocenters. The first-order chi connectivity index (χ1) is 10.1. The number of ketones is 1. The fraction of sp³-hybridized carbons (Fsp3) is 0.278. The number of hydrogen-bond acceptors (Lipinski definition) is 3. The van der Waals surface area contributed by atoms with E-state index in [1.807, 2.05) is 54.8 Å². The van der Waals surface area contributed by atoms with Crippen LogP contribution in [0.2, 0.25) is 0 Å². The van der Waals surface area contributed by atoms with Gasteiger partial charge in [0.2, 0.25) is 5.78 Å². The van der Waals surface area contributed by atoms with Gasteiger partial charge in [0.1, 0.15) is 5.75 Å². The van der Waals surface area contributed by atoms with E-state index in [1.54, 1.807) is 18.7 Å². The number of Topliss-reactive ketones (excluding diaryl/α,β-unsaturated/α-hetero) is 1. The SMILES string of the molecule is CCc1ccc(C(=O)C(C)Oc2ccc(SC)cc2)cc1. The molecule has 0 saturated heterocycles. The van der Waals surface area contributed by atoms with E-state index < -0.39 is 6.10 Å². The molecule has 0 aliphatic heterocycles. The maximum Gasteiger partial charge on any atom is 0.202 e. The maximum atomic E-state index is 12.3. The van der Waals surface area contributed by atoms with Gasteiger partial charge in [-0.1, -0.05) is 31.2 Å². The molecule has 0 N–H and O–H groups in total. The molecule has 0 spiro atoms. The molecule has 21 heavy (non-hydrogen) atoms. The van der Waals surface area contributed by atoms with Crippen molar-refractivity contribution >= 4 is 17.5 Å². The second-order valence-corrected chi connectivity index (χ2v) is 5.73. The van der Waals surface area contributed by atoms with Gasteiger partial charge in [-0.05, 0) is 49.4 Å². The average Bonchev–Trinajstić information content (AvgIpc) is 2.55. The Labute approximate surface area is 130 Å². The van der Waals surface area contributed by atoms with Crippen LogP contribution in [0.3, 0.4) is 0 Å². The summed E-state index contributed by atoms with van der Waals surface area (Å²) >= 11 is 1.68. The topological polar surface area (TPSA) is 26.3 Å². The Morgan fingerprint density at radius 3 is 2.24 bits per heavy atom. The molecule has 0 heterocycles. The summed E-state index contributed by atoms with van der Waals surface area (Å²) in [4.78, 5) is 13.5. The summed E-state index contributed by atoms with van der Waals surface area (Å²) in [5.74, 6) is 0.727. The second-order valence-electron chi connectivity index (χ2n) is 4.85. The smallest absolute Gasteiger partial charge is 0.202 e. The van der Waals surface area contributed by atoms with Gasteiger partial charge in [-0.2, -0.15) is 0 Å². The van der Waals surface area contributed by atoms with Crippen LogP contribution in [0.1, 0.15) is 29.8 Å². The van der Waals surface area contributed by atoms with E-state index in [2.05, 4.69) is 6.92 Å². The third-order valence-electron chi connectivity index (χ3n) is 3.39. The summed E-state index contributed by atoms with van der Waals surface area (Å²) in [7, 11) is 0. The monoisotopic (exact) mass is 300 g/mol. The lowest BCUT2D eigenvalue weighted by Gasteiger charge is -2.14. The second kappa shape index (κ2) is 7.32. The predicted molar refractivity (Wildman–Crippen MR) is 88.5 cm³/mol. The predicted octanol–water partition coefficient (Wildman–Crippen LogP) is 4.62. The molecule has 2 aromatic carbocycles. The number of benzene rings is 2. The number of ether oxygens (including phenoxy) is 1. The van der Waals surface area contributed by atoms with Gasteiger partial charge in [0.15, 0.2) is 6.10 Å². The number of aryl methyl sites for hydroxylation is 1. The number of carbonyl (C=O) groups excluding carboxylic acids is 1. The molecule has 0 aliphatic rings. The zero-order chi connectivity index (χ0) is 15.2. The Morgan fingerprint density at radius 1 is 1.10 bits per heavy atom. The molecule has 0 saturated carbocycles. The van der Waals surface area contributed by atoms with E-state index >= 15 is 0 Å². The summed E-state index contributed by atoms with van der Waals surface area (Å²) in [5, 5.41) is 0.